The van der Waals surface area contributed by atoms with Gasteiger partial charge in [0.05, 0.1) is 102 Å². The molecule has 0 aromatic rings. The summed E-state index contributed by atoms with van der Waals surface area (Å²) in [5, 5.41) is 0.0187. The highest BCUT2D eigenvalue weighted by atomic mass is 28.4. The van der Waals surface area contributed by atoms with Crippen molar-refractivity contribution < 1.29 is 157 Å². The first kappa shape index (κ1) is 113. The molecule has 6 aliphatic heterocycles. The van der Waals surface area contributed by atoms with Gasteiger partial charge in [-0.3, -0.25) is 24.0 Å². The Morgan fingerprint density at radius 1 is 0.368 bits per heavy atom. The van der Waals surface area contributed by atoms with Crippen LogP contribution >= 0.6 is 0 Å². The Labute approximate surface area is 739 Å². The predicted octanol–water partition coefficient (Wildman–Crippen LogP) is 7.71. The van der Waals surface area contributed by atoms with Gasteiger partial charge in [0.25, 0.3) is 0 Å². The van der Waals surface area contributed by atoms with E-state index >= 15 is 0 Å². The standard InChI is InChI=1S/C19H35NO6Si.C18H29NO7.C17H29NO7.C17H29NO6.C15H25NO7/c1-9-24-16(22)19(17(23)25-10-2)12-11-15(13-20(19)14(3)21)26-27(7,8)18(4,5)6;1-4-23-16(21)18(17(22)24-5-2)10-9-14(12-19(18)13(3)20)26-15-8-6-7-11-25-15;1-6-22-13(5)25-14-9-10-17(15(20)23-7-2,16(21)24-8-3)18(11-14)12(4)19;1-7-22-14(20)17(15(21)23-8-2)10-9-13(24-16(4,5)6)11-18(17)12(3)19;1-5-21-13(18)15(14(19)22-6-2)8-7-12(23-10-20-4)9-16(15)11(3)17/h15H,9-13H2,1-8H3;14-15H,4-12H2,1-3H3;13-14H,6-11H2,1-5H3;13H,7-11H2,1-6H3;12H,5-10H2,1-4H3/t15-;14-,15?;13?,14-;13-;12-/m00000/s1. The van der Waals surface area contributed by atoms with Crippen molar-refractivity contribution >= 4 is 97.5 Å². The first-order valence-corrected chi connectivity index (χ1v) is 46.7. The van der Waals surface area contributed by atoms with Gasteiger partial charge in [0, 0.05) is 87.7 Å². The molecule has 6 aliphatic rings. The van der Waals surface area contributed by atoms with Crippen molar-refractivity contribution in [2.24, 2.45) is 0 Å². The molecule has 7 atom stereocenters. The molecule has 38 nitrogen and oxygen atoms in total. The Kier molecular flexibility index (Phi) is 48.0. The maximum Gasteiger partial charge on any atom is 0.343 e. The van der Waals surface area contributed by atoms with Gasteiger partial charge in [0.1, 0.15) is 6.79 Å². The van der Waals surface area contributed by atoms with Crippen LogP contribution in [-0.4, -0.2) is 324 Å². The third-order valence-corrected chi connectivity index (χ3v) is 26.4. The molecule has 0 bridgehead atoms. The van der Waals surface area contributed by atoms with Crippen LogP contribution in [0.25, 0.3) is 0 Å². The molecule has 0 aromatic carbocycles. The summed E-state index contributed by atoms with van der Waals surface area (Å²) in [4.78, 5) is 194. The van der Waals surface area contributed by atoms with Gasteiger partial charge in [-0.1, -0.05) is 20.8 Å². The van der Waals surface area contributed by atoms with Crippen molar-refractivity contribution in [3.63, 3.8) is 0 Å². The van der Waals surface area contributed by atoms with Gasteiger partial charge in [-0.05, 0) is 205 Å². The van der Waals surface area contributed by atoms with Crippen molar-refractivity contribution in [2.75, 3.05) is 126 Å². The molecule has 2 unspecified atom stereocenters. The van der Waals surface area contributed by atoms with E-state index in [1.807, 2.05) is 27.7 Å². The molecule has 0 N–H and O–H groups in total. The van der Waals surface area contributed by atoms with Gasteiger partial charge < -0.3 is 109 Å². The number of carbonyl (C=O) groups is 15. The summed E-state index contributed by atoms with van der Waals surface area (Å²) in [5.41, 5.74) is -9.09. The maximum atomic E-state index is 12.8. The summed E-state index contributed by atoms with van der Waals surface area (Å²) < 4.78 is 96.4. The maximum absolute atomic E-state index is 12.8. The summed E-state index contributed by atoms with van der Waals surface area (Å²) in [7, 11) is -0.565. The highest BCUT2D eigenvalue weighted by Gasteiger charge is 2.63. The van der Waals surface area contributed by atoms with Crippen molar-refractivity contribution in [3.05, 3.63) is 0 Å². The summed E-state index contributed by atoms with van der Waals surface area (Å²) in [6, 6.07) is 0. The zero-order chi connectivity index (χ0) is 95.2. The molecule has 0 aromatic heterocycles. The topological polar surface area (TPSA) is 438 Å². The van der Waals surface area contributed by atoms with Gasteiger partial charge in [-0.2, -0.15) is 0 Å². The molecule has 0 aliphatic carbocycles. The van der Waals surface area contributed by atoms with E-state index in [9.17, 15) is 71.9 Å². The van der Waals surface area contributed by atoms with Crippen LogP contribution in [0.3, 0.4) is 0 Å². The third-order valence-electron chi connectivity index (χ3n) is 21.9. The molecule has 6 fully saturated rings. The van der Waals surface area contributed by atoms with E-state index in [1.54, 1.807) is 76.2 Å². The highest BCUT2D eigenvalue weighted by Crippen LogP contribution is 2.43. The number of hydrogen-bond donors (Lipinski definition) is 0. The first-order chi connectivity index (χ1) is 58.6. The van der Waals surface area contributed by atoms with Gasteiger partial charge in [-0.25, -0.2) is 47.9 Å². The summed E-state index contributed by atoms with van der Waals surface area (Å²) in [5.74, 6) is -9.51. The van der Waals surface area contributed by atoms with E-state index in [-0.39, 0.29) is 191 Å². The van der Waals surface area contributed by atoms with E-state index < -0.39 is 126 Å². The quantitative estimate of drug-likeness (QED) is 0.0204. The van der Waals surface area contributed by atoms with Crippen LogP contribution in [0, 0.1) is 0 Å². The molecule has 6 saturated heterocycles. The Balaban J connectivity index is 0.000000530. The Bertz CT molecular complexity index is 3430. The fourth-order valence-corrected chi connectivity index (χ4v) is 16.6. The second-order valence-electron chi connectivity index (χ2n) is 32.7. The fourth-order valence-electron chi connectivity index (χ4n) is 15.2. The zero-order valence-electron chi connectivity index (χ0n) is 79.2. The summed E-state index contributed by atoms with van der Waals surface area (Å²) in [6.45, 7) is 46.2. The molecule has 6 heterocycles. The van der Waals surface area contributed by atoms with E-state index in [2.05, 4.69) is 33.9 Å². The molecule has 0 radical (unpaired) electrons. The highest BCUT2D eigenvalue weighted by molar-refractivity contribution is 6.74. The summed E-state index contributed by atoms with van der Waals surface area (Å²) in [6.07, 6.45) is 3.32. The molecule has 125 heavy (non-hydrogen) atoms. The average Bonchev–Trinajstić information content (AvgIpc) is 0.773. The minimum atomic E-state index is -2.06. The number of hydrogen-bond acceptors (Lipinski definition) is 33. The number of amides is 5. The summed E-state index contributed by atoms with van der Waals surface area (Å²) >= 11 is 0. The van der Waals surface area contributed by atoms with E-state index in [4.69, 9.17) is 85.0 Å². The van der Waals surface area contributed by atoms with E-state index in [0.717, 1.165) is 19.3 Å². The lowest BCUT2D eigenvalue weighted by Gasteiger charge is -2.47. The minimum absolute atomic E-state index is 0.0187. The van der Waals surface area contributed by atoms with Gasteiger partial charge in [0.15, 0.2) is 20.9 Å². The zero-order valence-corrected chi connectivity index (χ0v) is 80.2. The largest absolute Gasteiger partial charge is 0.464 e. The van der Waals surface area contributed by atoms with Crippen molar-refractivity contribution in [1.29, 1.82) is 0 Å². The fraction of sp³-hybridized carbons (Fsp3) is 0.826. The van der Waals surface area contributed by atoms with Gasteiger partial charge in [0.2, 0.25) is 57.2 Å². The van der Waals surface area contributed by atoms with Crippen molar-refractivity contribution in [1.82, 2.24) is 24.5 Å². The number of carbonyl (C=O) groups excluding carboxylic acids is 15. The average molecular weight is 1810 g/mol. The van der Waals surface area contributed by atoms with Gasteiger partial charge in [-0.15, -0.1) is 0 Å². The van der Waals surface area contributed by atoms with E-state index in [0.29, 0.717) is 45.3 Å². The predicted molar refractivity (Wildman–Crippen MR) is 451 cm³/mol. The lowest BCUT2D eigenvalue weighted by Crippen LogP contribution is -2.67. The molecule has 39 heteroatoms. The van der Waals surface area contributed by atoms with Crippen molar-refractivity contribution in [3.8, 4) is 0 Å². The molecule has 5 amide bonds. The second-order valence-corrected chi connectivity index (χ2v) is 37.5. The van der Waals surface area contributed by atoms with Crippen LogP contribution < -0.4 is 0 Å². The SMILES string of the molecule is CCOC(=O)C1(C(=O)OCC)CC[C@H](OC(C)(C)C)CN1C(C)=O.CCOC(=O)C1(C(=O)OCC)CC[C@H](OC(C)OCC)CN1C(C)=O.CCOC(=O)C1(C(=O)OCC)CC[C@H](OC2CCCCO2)CN1C(C)=O.CCOC(=O)C1(C(=O)OCC)CC[C@H](OCOC)CN1C(C)=O.CCOC(=O)C1(C(=O)OCC)CC[C@H](O[Si](C)(C)C(C)(C)C)CN1C(C)=O. The number of likely N-dealkylation sites (tertiary alicyclic amines) is 5. The Morgan fingerprint density at radius 2 is 0.632 bits per heavy atom. The number of ether oxygens (including phenoxy) is 17. The monoisotopic (exact) mass is 1810 g/mol. The van der Waals surface area contributed by atoms with Crippen LogP contribution in [-0.2, 0) is 157 Å². The van der Waals surface area contributed by atoms with Crippen LogP contribution in [0.1, 0.15) is 243 Å². The first-order valence-electron chi connectivity index (χ1n) is 43.8. The van der Waals surface area contributed by atoms with Crippen LogP contribution in [0.4, 0.5) is 0 Å². The Hall–Kier alpha value is -8.05. The molecular weight excluding hydrogens is 1660 g/mol. The number of nitrogens with zero attached hydrogens (tertiary/aromatic N) is 5. The smallest absolute Gasteiger partial charge is 0.343 e. The third kappa shape index (κ3) is 30.0. The molecule has 718 valence electrons. The number of esters is 10. The van der Waals surface area contributed by atoms with Crippen molar-refractivity contribution in [2.45, 2.75) is 337 Å². The minimum Gasteiger partial charge on any atom is -0.464 e. The normalized spacial score (nSPS) is 21.4. The van der Waals surface area contributed by atoms with Crippen LogP contribution in [0.2, 0.25) is 18.1 Å². The molecule has 6 rings (SSSR count). The van der Waals surface area contributed by atoms with E-state index in [1.165, 1.54) is 66.2 Å². The number of methoxy groups -OCH3 is 1. The Morgan fingerprint density at radius 3 is 0.896 bits per heavy atom. The lowest BCUT2D eigenvalue weighted by molar-refractivity contribution is -0.211. The number of piperidine rings is 5. The van der Waals surface area contributed by atoms with Crippen LogP contribution in [0.5, 0.6) is 0 Å². The molecular formula is C86H147N5O33Si. The second kappa shape index (κ2) is 53.0. The molecule has 0 spiro atoms. The van der Waals surface area contributed by atoms with Gasteiger partial charge >= 0.3 is 59.7 Å². The number of rotatable bonds is 32. The lowest BCUT2D eigenvalue weighted by atomic mass is 9.84. The molecule has 0 saturated carbocycles. The van der Waals surface area contributed by atoms with Crippen LogP contribution in [0.15, 0.2) is 0 Å².